The number of esters is 1. The van der Waals surface area contributed by atoms with Gasteiger partial charge in [-0.25, -0.2) is 0 Å². The summed E-state index contributed by atoms with van der Waals surface area (Å²) in [6.07, 6.45) is 2.61. The second-order valence-corrected chi connectivity index (χ2v) is 8.19. The summed E-state index contributed by atoms with van der Waals surface area (Å²) in [6.45, 7) is 8.56. The van der Waals surface area contributed by atoms with E-state index in [-0.39, 0.29) is 11.4 Å². The highest BCUT2D eigenvalue weighted by Crippen LogP contribution is 2.42. The monoisotopic (exact) mass is 361 g/mol. The number of benzene rings is 2. The Morgan fingerprint density at radius 1 is 1.04 bits per heavy atom. The first-order valence-corrected chi connectivity index (χ1v) is 9.29. The maximum atomic E-state index is 13.0. The molecular formula is C24H27NO2. The van der Waals surface area contributed by atoms with E-state index in [4.69, 9.17) is 9.73 Å². The van der Waals surface area contributed by atoms with Crippen LogP contribution < -0.4 is 0 Å². The smallest absolute Gasteiger partial charge is 0.322 e. The van der Waals surface area contributed by atoms with Crippen molar-refractivity contribution in [2.45, 2.75) is 44.9 Å². The zero-order valence-electron chi connectivity index (χ0n) is 16.7. The van der Waals surface area contributed by atoms with E-state index in [1.165, 1.54) is 7.11 Å². The highest BCUT2D eigenvalue weighted by Gasteiger charge is 2.48. The van der Waals surface area contributed by atoms with E-state index in [9.17, 15) is 4.79 Å². The van der Waals surface area contributed by atoms with Crippen molar-refractivity contribution >= 4 is 17.4 Å². The lowest BCUT2D eigenvalue weighted by atomic mass is 9.76. The van der Waals surface area contributed by atoms with Crippen LogP contribution in [0.15, 0.2) is 71.2 Å². The molecule has 0 saturated heterocycles. The molecule has 27 heavy (non-hydrogen) atoms. The molecule has 1 atom stereocenters. The van der Waals surface area contributed by atoms with Gasteiger partial charge in [0.2, 0.25) is 0 Å². The molecule has 0 heterocycles. The Morgan fingerprint density at radius 2 is 1.67 bits per heavy atom. The summed E-state index contributed by atoms with van der Waals surface area (Å²) in [5, 5.41) is 0. The van der Waals surface area contributed by atoms with Gasteiger partial charge >= 0.3 is 5.97 Å². The number of methoxy groups -OCH3 is 1. The first-order chi connectivity index (χ1) is 12.8. The molecular weight excluding hydrogens is 334 g/mol. The lowest BCUT2D eigenvalue weighted by Gasteiger charge is -2.29. The Bertz CT molecular complexity index is 903. The highest BCUT2D eigenvalue weighted by atomic mass is 16.5. The predicted molar refractivity (Wildman–Crippen MR) is 111 cm³/mol. The minimum atomic E-state index is -0.898. The third kappa shape index (κ3) is 3.46. The average Bonchev–Trinajstić information content (AvgIpc) is 2.98. The molecule has 140 valence electrons. The second-order valence-electron chi connectivity index (χ2n) is 8.19. The molecule has 3 rings (SSSR count). The fourth-order valence-electron chi connectivity index (χ4n) is 3.82. The van der Waals surface area contributed by atoms with Gasteiger partial charge in [0, 0.05) is 0 Å². The maximum absolute atomic E-state index is 13.0. The third-order valence-corrected chi connectivity index (χ3v) is 5.12. The van der Waals surface area contributed by atoms with Crippen LogP contribution in [-0.4, -0.2) is 18.8 Å². The Labute approximate surface area is 161 Å². The zero-order chi connectivity index (χ0) is 19.7. The van der Waals surface area contributed by atoms with Gasteiger partial charge in [-0.05, 0) is 42.0 Å². The summed E-state index contributed by atoms with van der Waals surface area (Å²) in [6, 6.07) is 18.0. The summed E-state index contributed by atoms with van der Waals surface area (Å²) in [4.78, 5) is 18.0. The van der Waals surface area contributed by atoms with Crippen LogP contribution >= 0.6 is 0 Å². The molecule has 0 bridgehead atoms. The van der Waals surface area contributed by atoms with E-state index in [0.717, 1.165) is 28.1 Å². The number of ether oxygens (including phenoxy) is 1. The van der Waals surface area contributed by atoms with Gasteiger partial charge < -0.3 is 4.74 Å². The summed E-state index contributed by atoms with van der Waals surface area (Å²) < 4.78 is 5.25. The standard InChI is InChI=1S/C24H27NO2/c1-17-15-21(25-20-14-10-9-13-19(20)23(2,3)4)24(16-17,22(26)27-5)18-11-7-6-8-12-18/h6-15H,16H2,1-5H3. The van der Waals surface area contributed by atoms with Gasteiger partial charge in [0.25, 0.3) is 0 Å². The van der Waals surface area contributed by atoms with Gasteiger partial charge in [-0.15, -0.1) is 0 Å². The topological polar surface area (TPSA) is 38.7 Å². The van der Waals surface area contributed by atoms with Crippen molar-refractivity contribution in [3.05, 3.63) is 77.4 Å². The second kappa shape index (κ2) is 7.15. The van der Waals surface area contributed by atoms with Gasteiger partial charge in [0.1, 0.15) is 5.41 Å². The molecule has 0 amide bonds. The summed E-state index contributed by atoms with van der Waals surface area (Å²) in [7, 11) is 1.45. The van der Waals surface area contributed by atoms with Crippen LogP contribution in [0.4, 0.5) is 5.69 Å². The first kappa shape index (κ1) is 19.1. The van der Waals surface area contributed by atoms with Gasteiger partial charge in [-0.3, -0.25) is 9.79 Å². The molecule has 0 aromatic heterocycles. The van der Waals surface area contributed by atoms with Crippen molar-refractivity contribution in [1.29, 1.82) is 0 Å². The zero-order valence-corrected chi connectivity index (χ0v) is 16.7. The van der Waals surface area contributed by atoms with E-state index < -0.39 is 5.41 Å². The van der Waals surface area contributed by atoms with E-state index in [2.05, 4.69) is 26.8 Å². The Morgan fingerprint density at radius 3 is 2.30 bits per heavy atom. The fraction of sp³-hybridized carbons (Fsp3) is 0.333. The molecule has 1 unspecified atom stereocenters. The van der Waals surface area contributed by atoms with Gasteiger partial charge in [-0.2, -0.15) is 0 Å². The van der Waals surface area contributed by atoms with Crippen LogP contribution in [0, 0.1) is 0 Å². The largest absolute Gasteiger partial charge is 0.468 e. The molecule has 3 heteroatoms. The Kier molecular flexibility index (Phi) is 5.05. The van der Waals surface area contributed by atoms with E-state index >= 15 is 0 Å². The van der Waals surface area contributed by atoms with Gasteiger partial charge in [0.05, 0.1) is 18.5 Å². The lowest BCUT2D eigenvalue weighted by molar-refractivity contribution is -0.144. The minimum Gasteiger partial charge on any atom is -0.468 e. The van der Waals surface area contributed by atoms with Crippen molar-refractivity contribution in [3.63, 3.8) is 0 Å². The predicted octanol–water partition coefficient (Wildman–Crippen LogP) is 5.52. The molecule has 2 aromatic carbocycles. The number of hydrogen-bond acceptors (Lipinski definition) is 3. The highest BCUT2D eigenvalue weighted by molar-refractivity contribution is 6.20. The molecule has 0 aliphatic heterocycles. The molecule has 2 aromatic rings. The molecule has 1 aliphatic rings. The van der Waals surface area contributed by atoms with Crippen molar-refractivity contribution in [3.8, 4) is 0 Å². The Hall–Kier alpha value is -2.68. The van der Waals surface area contributed by atoms with Crippen molar-refractivity contribution in [1.82, 2.24) is 0 Å². The van der Waals surface area contributed by atoms with Crippen molar-refractivity contribution < 1.29 is 9.53 Å². The van der Waals surface area contributed by atoms with Crippen LogP contribution in [0.2, 0.25) is 0 Å². The number of aliphatic imine (C=N–C) groups is 1. The van der Waals surface area contributed by atoms with Crippen molar-refractivity contribution in [2.75, 3.05) is 7.11 Å². The van der Waals surface area contributed by atoms with Gasteiger partial charge in [0.15, 0.2) is 0 Å². The summed E-state index contributed by atoms with van der Waals surface area (Å²) in [5.41, 5.74) is 3.89. The maximum Gasteiger partial charge on any atom is 0.322 e. The van der Waals surface area contributed by atoms with Crippen LogP contribution in [0.25, 0.3) is 0 Å². The number of allylic oxidation sites excluding steroid dienone is 2. The SMILES string of the molecule is COC(=O)C1(c2ccccc2)CC(C)=CC1=Nc1ccccc1C(C)(C)C. The molecule has 0 radical (unpaired) electrons. The van der Waals surface area contributed by atoms with Crippen molar-refractivity contribution in [2.24, 2.45) is 4.99 Å². The Balaban J connectivity index is 2.24. The van der Waals surface area contributed by atoms with Crippen LogP contribution in [0.3, 0.4) is 0 Å². The minimum absolute atomic E-state index is 0.0430. The summed E-state index contributed by atoms with van der Waals surface area (Å²) in [5.74, 6) is -0.270. The fourth-order valence-corrected chi connectivity index (χ4v) is 3.82. The van der Waals surface area contributed by atoms with Gasteiger partial charge in [-0.1, -0.05) is 74.9 Å². The van der Waals surface area contributed by atoms with Crippen LogP contribution in [-0.2, 0) is 20.4 Å². The number of hydrogen-bond donors (Lipinski definition) is 0. The average molecular weight is 361 g/mol. The first-order valence-electron chi connectivity index (χ1n) is 9.29. The summed E-state index contributed by atoms with van der Waals surface area (Å²) >= 11 is 0. The molecule has 0 N–H and O–H groups in total. The van der Waals surface area contributed by atoms with E-state index in [0.29, 0.717) is 6.42 Å². The molecule has 3 nitrogen and oxygen atoms in total. The normalized spacial score (nSPS) is 21.2. The van der Waals surface area contributed by atoms with Crippen LogP contribution in [0.5, 0.6) is 0 Å². The quantitative estimate of drug-likeness (QED) is 0.675. The molecule has 0 fully saturated rings. The number of carbonyl (C=O) groups excluding carboxylic acids is 1. The molecule has 0 saturated carbocycles. The number of carbonyl (C=O) groups is 1. The number of para-hydroxylation sites is 1. The lowest BCUT2D eigenvalue weighted by Crippen LogP contribution is -2.41. The third-order valence-electron chi connectivity index (χ3n) is 5.12. The van der Waals surface area contributed by atoms with E-state index in [1.54, 1.807) is 0 Å². The van der Waals surface area contributed by atoms with Crippen LogP contribution in [0.1, 0.15) is 45.2 Å². The number of nitrogens with zero attached hydrogens (tertiary/aromatic N) is 1. The molecule has 0 spiro atoms. The van der Waals surface area contributed by atoms with E-state index in [1.807, 2.05) is 61.5 Å². The number of rotatable bonds is 3. The molecule has 1 aliphatic carbocycles.